The van der Waals surface area contributed by atoms with Gasteiger partial charge in [-0.05, 0) is 24.6 Å². The summed E-state index contributed by atoms with van der Waals surface area (Å²) in [5.74, 6) is -1.11. The van der Waals surface area contributed by atoms with Crippen LogP contribution in [0.3, 0.4) is 0 Å². The van der Waals surface area contributed by atoms with Crippen LogP contribution in [0, 0.1) is 11.6 Å². The van der Waals surface area contributed by atoms with Crippen LogP contribution >= 0.6 is 0 Å². The molecule has 9 nitrogen and oxygen atoms in total. The first-order valence-corrected chi connectivity index (χ1v) is 11.5. The topological polar surface area (TPSA) is 108 Å². The first-order valence-electron chi connectivity index (χ1n) is 10.1. The largest absolute Gasteiger partial charge is 0.370 e. The number of imidazole rings is 1. The number of aryl methyl sites for hydroxylation is 1. The standard InChI is InChI=1S/C20H22F2N6O3S/c1-26-5-4-24-20(26)32(29,30)28-18-10-27(9-12(18)8-25-28)14-7-17(23)19(31-11-14)15-6-13(21)2-3-16(15)22/h2-6,8,14,17,19H,7,9-11,23H2,1H3/t14-,17+,19-/m1/s1. The molecule has 2 N–H and O–H groups in total. The maximum absolute atomic E-state index is 14.2. The van der Waals surface area contributed by atoms with E-state index in [0.717, 1.165) is 27.8 Å². The molecule has 0 unspecified atom stereocenters. The highest BCUT2D eigenvalue weighted by atomic mass is 32.2. The van der Waals surface area contributed by atoms with Crippen LogP contribution in [0.2, 0.25) is 0 Å². The van der Waals surface area contributed by atoms with Crippen LogP contribution in [0.5, 0.6) is 0 Å². The second kappa shape index (κ2) is 7.73. The Morgan fingerprint density at radius 2 is 2.06 bits per heavy atom. The van der Waals surface area contributed by atoms with E-state index in [4.69, 9.17) is 10.5 Å². The molecule has 1 saturated heterocycles. The number of aromatic nitrogens is 4. The highest BCUT2D eigenvalue weighted by Gasteiger charge is 2.39. The van der Waals surface area contributed by atoms with E-state index in [1.165, 1.54) is 10.8 Å². The van der Waals surface area contributed by atoms with Gasteiger partial charge in [0.15, 0.2) is 0 Å². The fourth-order valence-corrected chi connectivity index (χ4v) is 5.86. The lowest BCUT2D eigenvalue weighted by atomic mass is 9.93. The van der Waals surface area contributed by atoms with E-state index in [0.29, 0.717) is 25.2 Å². The molecule has 2 aliphatic rings. The molecule has 0 amide bonds. The van der Waals surface area contributed by atoms with E-state index in [-0.39, 0.29) is 23.4 Å². The average molecular weight is 464 g/mol. The van der Waals surface area contributed by atoms with Gasteiger partial charge in [-0.3, -0.25) is 4.90 Å². The van der Waals surface area contributed by atoms with Crippen LogP contribution in [0.4, 0.5) is 8.78 Å². The highest BCUT2D eigenvalue weighted by Crippen LogP contribution is 2.34. The number of hydrogen-bond donors (Lipinski definition) is 1. The maximum Gasteiger partial charge on any atom is 0.317 e. The van der Waals surface area contributed by atoms with Gasteiger partial charge >= 0.3 is 10.0 Å². The van der Waals surface area contributed by atoms with Gasteiger partial charge in [-0.2, -0.15) is 17.6 Å². The van der Waals surface area contributed by atoms with E-state index >= 15 is 0 Å². The number of ether oxygens (including phenoxy) is 1. The summed E-state index contributed by atoms with van der Waals surface area (Å²) in [7, 11) is -2.32. The third kappa shape index (κ3) is 3.43. The van der Waals surface area contributed by atoms with Crippen molar-refractivity contribution in [1.82, 2.24) is 23.6 Å². The number of halogens is 2. The van der Waals surface area contributed by atoms with Crippen LogP contribution < -0.4 is 5.73 Å². The summed E-state index contributed by atoms with van der Waals surface area (Å²) < 4.78 is 62.1. The van der Waals surface area contributed by atoms with E-state index < -0.39 is 33.8 Å². The lowest BCUT2D eigenvalue weighted by Crippen LogP contribution is -2.48. The van der Waals surface area contributed by atoms with Gasteiger partial charge in [0.2, 0.25) is 5.16 Å². The minimum atomic E-state index is -3.93. The number of fused-ring (bicyclic) bond motifs is 1. The number of nitrogens with two attached hydrogens (primary N) is 1. The fraction of sp³-hybridized carbons (Fsp3) is 0.400. The maximum atomic E-state index is 14.2. The van der Waals surface area contributed by atoms with Gasteiger partial charge in [-0.15, -0.1) is 0 Å². The lowest BCUT2D eigenvalue weighted by Gasteiger charge is -2.38. The third-order valence-corrected chi connectivity index (χ3v) is 7.69. The predicted octanol–water partition coefficient (Wildman–Crippen LogP) is 1.30. The Labute approximate surface area is 183 Å². The van der Waals surface area contributed by atoms with Crippen molar-refractivity contribution >= 4 is 10.0 Å². The summed E-state index contributed by atoms with van der Waals surface area (Å²) in [6.45, 7) is 1.10. The van der Waals surface area contributed by atoms with Crippen molar-refractivity contribution < 1.29 is 21.9 Å². The van der Waals surface area contributed by atoms with Crippen molar-refractivity contribution in [3.05, 3.63) is 65.2 Å². The van der Waals surface area contributed by atoms with Crippen LogP contribution in [0.25, 0.3) is 0 Å². The van der Waals surface area contributed by atoms with Crippen molar-refractivity contribution in [2.45, 2.75) is 42.9 Å². The van der Waals surface area contributed by atoms with E-state index in [9.17, 15) is 17.2 Å². The monoisotopic (exact) mass is 464 g/mol. The lowest BCUT2D eigenvalue weighted by molar-refractivity contribution is -0.0533. The first kappa shape index (κ1) is 21.2. The minimum absolute atomic E-state index is 0.0927. The Bertz CT molecular complexity index is 1270. The molecule has 3 atom stereocenters. The molecule has 0 saturated carbocycles. The van der Waals surface area contributed by atoms with Gasteiger partial charge in [0.05, 0.1) is 18.5 Å². The smallest absolute Gasteiger partial charge is 0.317 e. The van der Waals surface area contributed by atoms with E-state index in [1.54, 1.807) is 19.4 Å². The Morgan fingerprint density at radius 1 is 1.25 bits per heavy atom. The number of hydrogen-bond acceptors (Lipinski definition) is 7. The molecular weight excluding hydrogens is 442 g/mol. The summed E-state index contributed by atoms with van der Waals surface area (Å²) in [5.41, 5.74) is 7.76. The Hall–Kier alpha value is -2.67. The second-order valence-corrected chi connectivity index (χ2v) is 9.82. The van der Waals surface area contributed by atoms with Crippen LogP contribution in [0.1, 0.15) is 29.3 Å². The first-order chi connectivity index (χ1) is 15.3. The van der Waals surface area contributed by atoms with Crippen LogP contribution in [-0.4, -0.2) is 50.7 Å². The normalized spacial score (nSPS) is 24.1. The molecule has 170 valence electrons. The fourth-order valence-electron chi connectivity index (χ4n) is 4.45. The van der Waals surface area contributed by atoms with Gasteiger partial charge in [0, 0.05) is 55.7 Å². The van der Waals surface area contributed by atoms with Crippen molar-refractivity contribution in [3.8, 4) is 0 Å². The van der Waals surface area contributed by atoms with Crippen LogP contribution in [0.15, 0.2) is 41.9 Å². The zero-order chi connectivity index (χ0) is 22.6. The molecule has 0 spiro atoms. The Balaban J connectivity index is 1.33. The van der Waals surface area contributed by atoms with E-state index in [1.807, 2.05) is 0 Å². The summed E-state index contributed by atoms with van der Waals surface area (Å²) >= 11 is 0. The van der Waals surface area contributed by atoms with Crippen molar-refractivity contribution in [2.75, 3.05) is 6.61 Å². The molecule has 4 heterocycles. The van der Waals surface area contributed by atoms with Gasteiger partial charge in [0.25, 0.3) is 0 Å². The molecule has 0 aliphatic carbocycles. The van der Waals surface area contributed by atoms with Crippen molar-refractivity contribution in [1.29, 1.82) is 0 Å². The summed E-state index contributed by atoms with van der Waals surface area (Å²) in [5, 5.41) is 3.99. The summed E-state index contributed by atoms with van der Waals surface area (Å²) in [4.78, 5) is 6.01. The predicted molar refractivity (Wildman–Crippen MR) is 109 cm³/mol. The van der Waals surface area contributed by atoms with Gasteiger partial charge in [0.1, 0.15) is 17.7 Å². The summed E-state index contributed by atoms with van der Waals surface area (Å²) in [6.07, 6.45) is 4.27. The molecule has 12 heteroatoms. The molecule has 32 heavy (non-hydrogen) atoms. The van der Waals surface area contributed by atoms with Crippen molar-refractivity contribution in [3.63, 3.8) is 0 Å². The third-order valence-electron chi connectivity index (χ3n) is 6.06. The Morgan fingerprint density at radius 3 is 2.78 bits per heavy atom. The zero-order valence-corrected chi connectivity index (χ0v) is 18.0. The van der Waals surface area contributed by atoms with Crippen molar-refractivity contribution in [2.24, 2.45) is 12.8 Å². The molecule has 5 rings (SSSR count). The second-order valence-electron chi connectivity index (χ2n) is 8.16. The SMILES string of the molecule is Cn1ccnc1S(=O)(=O)n1ncc2c1CN([C@H]1CO[C@H](c3cc(F)ccc3F)[C@@H](N)C1)C2. The molecule has 2 aliphatic heterocycles. The molecule has 2 aromatic heterocycles. The molecule has 0 radical (unpaired) electrons. The quantitative estimate of drug-likeness (QED) is 0.620. The molecule has 0 bridgehead atoms. The summed E-state index contributed by atoms with van der Waals surface area (Å²) in [6, 6.07) is 2.59. The average Bonchev–Trinajstić information content (AvgIpc) is 3.45. The number of rotatable bonds is 4. The molecule has 3 aromatic rings. The number of benzene rings is 1. The van der Waals surface area contributed by atoms with Crippen LogP contribution in [-0.2, 0) is 34.9 Å². The number of nitrogens with zero attached hydrogens (tertiary/aromatic N) is 5. The van der Waals surface area contributed by atoms with E-state index in [2.05, 4.69) is 15.0 Å². The van der Waals surface area contributed by atoms with Gasteiger partial charge in [-0.1, -0.05) is 0 Å². The molecule has 1 aromatic carbocycles. The molecule has 1 fully saturated rings. The highest BCUT2D eigenvalue weighted by molar-refractivity contribution is 7.89. The zero-order valence-electron chi connectivity index (χ0n) is 17.2. The Kier molecular flexibility index (Phi) is 5.12. The van der Waals surface area contributed by atoms with Gasteiger partial charge < -0.3 is 15.0 Å². The molecular formula is C20H22F2N6O3S. The van der Waals surface area contributed by atoms with Gasteiger partial charge in [-0.25, -0.2) is 13.8 Å². The minimum Gasteiger partial charge on any atom is -0.370 e.